The molecule has 1 fully saturated rings. The fourth-order valence-electron chi connectivity index (χ4n) is 3.00. The molecule has 0 aromatic carbocycles. The zero-order valence-electron chi connectivity index (χ0n) is 14.7. The molecule has 2 aromatic heterocycles. The molecule has 0 saturated carbocycles. The zero-order valence-corrected chi connectivity index (χ0v) is 14.7. The van der Waals surface area contributed by atoms with Gasteiger partial charge in [0.2, 0.25) is 5.91 Å². The second kappa shape index (κ2) is 7.00. The number of likely N-dealkylation sites (tertiary alicyclic amines) is 1. The van der Waals surface area contributed by atoms with Crippen LogP contribution in [0.4, 0.5) is 5.82 Å². The Morgan fingerprint density at radius 1 is 1.32 bits per heavy atom. The molecule has 0 radical (unpaired) electrons. The summed E-state index contributed by atoms with van der Waals surface area (Å²) < 4.78 is 1.22. The molecule has 8 heteroatoms. The third-order valence-corrected chi connectivity index (χ3v) is 4.30. The van der Waals surface area contributed by atoms with Crippen LogP contribution in [0.5, 0.6) is 0 Å². The summed E-state index contributed by atoms with van der Waals surface area (Å²) in [7, 11) is 3.81. The number of anilines is 1. The molecular weight excluding hydrogens is 320 g/mol. The number of aromatic nitrogens is 4. The molecule has 1 saturated heterocycles. The summed E-state index contributed by atoms with van der Waals surface area (Å²) in [4.78, 5) is 37.2. The average Bonchev–Trinajstić information content (AvgIpc) is 3.08. The maximum atomic E-state index is 12.7. The van der Waals surface area contributed by atoms with Gasteiger partial charge in [0, 0.05) is 26.7 Å². The van der Waals surface area contributed by atoms with Crippen molar-refractivity contribution in [2.45, 2.75) is 32.4 Å². The van der Waals surface area contributed by atoms with E-state index in [0.717, 1.165) is 24.4 Å². The van der Waals surface area contributed by atoms with E-state index in [1.54, 1.807) is 30.3 Å². The normalized spacial score (nSPS) is 16.9. The van der Waals surface area contributed by atoms with Crippen LogP contribution in [0.1, 0.15) is 30.3 Å². The molecule has 3 heterocycles. The second-order valence-electron chi connectivity index (χ2n) is 6.41. The molecule has 25 heavy (non-hydrogen) atoms. The zero-order chi connectivity index (χ0) is 18.0. The fraction of sp³-hybridized carbons (Fsp3) is 0.471. The van der Waals surface area contributed by atoms with Gasteiger partial charge in [-0.3, -0.25) is 14.6 Å². The lowest BCUT2D eigenvalue weighted by atomic mass is 10.1. The van der Waals surface area contributed by atoms with Gasteiger partial charge in [-0.15, -0.1) is 0 Å². The first-order valence-electron chi connectivity index (χ1n) is 8.29. The number of nitrogens with zero attached hydrogens (tertiary/aromatic N) is 6. The highest BCUT2D eigenvalue weighted by Crippen LogP contribution is 2.31. The van der Waals surface area contributed by atoms with Crippen molar-refractivity contribution in [2.24, 2.45) is 0 Å². The SMILES string of the molecule is Cc1ccc(=O)n(CC(=O)N2CCC[C@@H]2c2cncc(N(C)C)n2)n1. The molecule has 0 N–H and O–H groups in total. The molecule has 8 nitrogen and oxygen atoms in total. The standard InChI is InChI=1S/C17H22N6O2/c1-12-6-7-16(24)23(20-12)11-17(25)22-8-4-5-14(22)13-9-18-10-15(19-13)21(2)3/h6-7,9-10,14H,4-5,8,11H2,1-3H3/t14-/m1/s1. The molecule has 0 bridgehead atoms. The quantitative estimate of drug-likeness (QED) is 0.816. The summed E-state index contributed by atoms with van der Waals surface area (Å²) in [5.41, 5.74) is 1.21. The van der Waals surface area contributed by atoms with Gasteiger partial charge in [-0.25, -0.2) is 9.67 Å². The molecule has 1 aliphatic rings. The van der Waals surface area contributed by atoms with Gasteiger partial charge in [-0.1, -0.05) is 0 Å². The monoisotopic (exact) mass is 342 g/mol. The van der Waals surface area contributed by atoms with Gasteiger partial charge in [0.15, 0.2) is 0 Å². The van der Waals surface area contributed by atoms with Crippen LogP contribution in [-0.4, -0.2) is 51.2 Å². The third-order valence-electron chi connectivity index (χ3n) is 4.30. The van der Waals surface area contributed by atoms with Gasteiger partial charge in [-0.2, -0.15) is 5.10 Å². The van der Waals surface area contributed by atoms with Gasteiger partial charge in [0.05, 0.1) is 29.8 Å². The van der Waals surface area contributed by atoms with E-state index in [-0.39, 0.29) is 24.1 Å². The number of hydrogen-bond donors (Lipinski definition) is 0. The van der Waals surface area contributed by atoms with Crippen molar-refractivity contribution in [1.82, 2.24) is 24.6 Å². The Kier molecular flexibility index (Phi) is 4.78. The minimum atomic E-state index is -0.274. The van der Waals surface area contributed by atoms with E-state index < -0.39 is 0 Å². The Balaban J connectivity index is 1.81. The van der Waals surface area contributed by atoms with E-state index in [0.29, 0.717) is 12.2 Å². The Hall–Kier alpha value is -2.77. The number of carbonyl (C=O) groups is 1. The van der Waals surface area contributed by atoms with Crippen LogP contribution in [0.15, 0.2) is 29.3 Å². The number of aryl methyl sites for hydroxylation is 1. The Morgan fingerprint density at radius 2 is 2.12 bits per heavy atom. The van der Waals surface area contributed by atoms with E-state index in [1.165, 1.54) is 10.7 Å². The van der Waals surface area contributed by atoms with Crippen molar-refractivity contribution in [3.63, 3.8) is 0 Å². The lowest BCUT2D eigenvalue weighted by molar-refractivity contribution is -0.133. The van der Waals surface area contributed by atoms with E-state index in [2.05, 4.69) is 15.1 Å². The van der Waals surface area contributed by atoms with Crippen LogP contribution in [0.3, 0.4) is 0 Å². The third kappa shape index (κ3) is 3.67. The maximum absolute atomic E-state index is 12.7. The van der Waals surface area contributed by atoms with Crippen LogP contribution in [0.25, 0.3) is 0 Å². The number of carbonyl (C=O) groups excluding carboxylic acids is 1. The maximum Gasteiger partial charge on any atom is 0.267 e. The Morgan fingerprint density at radius 3 is 2.88 bits per heavy atom. The second-order valence-corrected chi connectivity index (χ2v) is 6.41. The van der Waals surface area contributed by atoms with Gasteiger partial charge in [-0.05, 0) is 25.8 Å². The topological polar surface area (TPSA) is 84.2 Å². The smallest absolute Gasteiger partial charge is 0.267 e. The number of hydrogen-bond acceptors (Lipinski definition) is 6. The first-order chi connectivity index (χ1) is 12.0. The molecule has 1 atom stereocenters. The molecule has 0 spiro atoms. The highest BCUT2D eigenvalue weighted by atomic mass is 16.2. The molecule has 1 amide bonds. The molecule has 0 unspecified atom stereocenters. The summed E-state index contributed by atoms with van der Waals surface area (Å²) >= 11 is 0. The van der Waals surface area contributed by atoms with Crippen molar-refractivity contribution in [3.8, 4) is 0 Å². The van der Waals surface area contributed by atoms with Crippen molar-refractivity contribution in [1.29, 1.82) is 0 Å². The Labute approximate surface area is 146 Å². The van der Waals surface area contributed by atoms with Crippen molar-refractivity contribution in [3.05, 3.63) is 46.3 Å². The van der Waals surface area contributed by atoms with Crippen molar-refractivity contribution in [2.75, 3.05) is 25.5 Å². The fourth-order valence-corrected chi connectivity index (χ4v) is 3.00. The first kappa shape index (κ1) is 17.1. The van der Waals surface area contributed by atoms with Crippen LogP contribution < -0.4 is 10.5 Å². The summed E-state index contributed by atoms with van der Waals surface area (Å²) in [6, 6.07) is 2.97. The molecular formula is C17H22N6O2. The van der Waals surface area contributed by atoms with Gasteiger partial charge in [0.1, 0.15) is 12.4 Å². The average molecular weight is 342 g/mol. The molecule has 0 aliphatic carbocycles. The van der Waals surface area contributed by atoms with Crippen LogP contribution in [0.2, 0.25) is 0 Å². The predicted octanol–water partition coefficient (Wildman–Crippen LogP) is 0.771. The van der Waals surface area contributed by atoms with Crippen molar-refractivity contribution < 1.29 is 4.79 Å². The largest absolute Gasteiger partial charge is 0.361 e. The molecule has 2 aromatic rings. The number of amides is 1. The summed E-state index contributed by atoms with van der Waals surface area (Å²) in [6.45, 7) is 2.39. The van der Waals surface area contributed by atoms with E-state index >= 15 is 0 Å². The van der Waals surface area contributed by atoms with Gasteiger partial charge in [0.25, 0.3) is 5.56 Å². The Bertz CT molecular complexity index is 832. The molecule has 132 valence electrons. The van der Waals surface area contributed by atoms with Crippen LogP contribution in [-0.2, 0) is 11.3 Å². The molecule has 3 rings (SSSR count). The lowest BCUT2D eigenvalue weighted by Crippen LogP contribution is -2.37. The minimum absolute atomic E-state index is 0.0577. The highest BCUT2D eigenvalue weighted by Gasteiger charge is 2.31. The van der Waals surface area contributed by atoms with Crippen LogP contribution >= 0.6 is 0 Å². The van der Waals surface area contributed by atoms with Gasteiger partial charge >= 0.3 is 0 Å². The predicted molar refractivity (Wildman–Crippen MR) is 93.3 cm³/mol. The van der Waals surface area contributed by atoms with Gasteiger partial charge < -0.3 is 9.80 Å². The van der Waals surface area contributed by atoms with Crippen molar-refractivity contribution >= 4 is 11.7 Å². The summed E-state index contributed by atoms with van der Waals surface area (Å²) in [6.07, 6.45) is 5.15. The highest BCUT2D eigenvalue weighted by molar-refractivity contribution is 5.76. The summed E-state index contributed by atoms with van der Waals surface area (Å²) in [5.74, 6) is 0.633. The lowest BCUT2D eigenvalue weighted by Gasteiger charge is -2.25. The number of rotatable bonds is 4. The van der Waals surface area contributed by atoms with E-state index in [9.17, 15) is 9.59 Å². The van der Waals surface area contributed by atoms with E-state index in [1.807, 2.05) is 19.0 Å². The van der Waals surface area contributed by atoms with E-state index in [4.69, 9.17) is 0 Å². The first-order valence-corrected chi connectivity index (χ1v) is 8.29. The van der Waals surface area contributed by atoms with Crippen LogP contribution in [0, 0.1) is 6.92 Å². The molecule has 1 aliphatic heterocycles. The minimum Gasteiger partial charge on any atom is -0.361 e. The summed E-state index contributed by atoms with van der Waals surface area (Å²) in [5, 5.41) is 4.14.